The first-order valence-corrected chi connectivity index (χ1v) is 4.40. The average Bonchev–Trinajstić information content (AvgIpc) is 2.81. The number of benzene rings is 1. The molecule has 2 N–H and O–H groups in total. The van der Waals surface area contributed by atoms with Crippen LogP contribution in [0.1, 0.15) is 6.42 Å². The Labute approximate surface area is 76.5 Å². The third kappa shape index (κ3) is 1.98. The van der Waals surface area contributed by atoms with Gasteiger partial charge < -0.3 is 10.5 Å². The van der Waals surface area contributed by atoms with Gasteiger partial charge in [0.25, 0.3) is 0 Å². The fourth-order valence-electron chi connectivity index (χ4n) is 1.22. The molecular weight excluding hydrogens is 169 g/mol. The highest BCUT2D eigenvalue weighted by atomic mass is 19.1. The molecular formula is C10H12FNO. The molecule has 1 saturated carbocycles. The van der Waals surface area contributed by atoms with Crippen molar-refractivity contribution in [3.63, 3.8) is 0 Å². The van der Waals surface area contributed by atoms with Gasteiger partial charge in [0.05, 0.1) is 6.61 Å². The van der Waals surface area contributed by atoms with E-state index in [1.54, 1.807) is 18.2 Å². The summed E-state index contributed by atoms with van der Waals surface area (Å²) in [4.78, 5) is 0. The molecule has 2 rings (SSSR count). The quantitative estimate of drug-likeness (QED) is 0.767. The second-order valence-electron chi connectivity index (χ2n) is 3.40. The first-order chi connectivity index (χ1) is 6.27. The zero-order valence-electron chi connectivity index (χ0n) is 7.24. The highest BCUT2D eigenvalue weighted by molar-refractivity contribution is 5.23. The van der Waals surface area contributed by atoms with Crippen LogP contribution in [-0.4, -0.2) is 12.6 Å². The number of rotatable bonds is 3. The van der Waals surface area contributed by atoms with E-state index in [2.05, 4.69) is 0 Å². The predicted molar refractivity (Wildman–Crippen MR) is 48.0 cm³/mol. The number of halogens is 1. The minimum atomic E-state index is -0.309. The summed E-state index contributed by atoms with van der Waals surface area (Å²) in [5.41, 5.74) is 5.59. The third-order valence-corrected chi connectivity index (χ3v) is 2.27. The Kier molecular flexibility index (Phi) is 2.19. The van der Waals surface area contributed by atoms with Crippen LogP contribution < -0.4 is 10.5 Å². The minimum absolute atomic E-state index is 0.256. The second-order valence-corrected chi connectivity index (χ2v) is 3.40. The van der Waals surface area contributed by atoms with Gasteiger partial charge in [0.1, 0.15) is 0 Å². The Morgan fingerprint density at radius 1 is 1.46 bits per heavy atom. The number of hydrogen-bond acceptors (Lipinski definition) is 2. The van der Waals surface area contributed by atoms with Gasteiger partial charge in [0.15, 0.2) is 11.6 Å². The molecule has 1 aromatic carbocycles. The molecule has 1 aliphatic rings. The first-order valence-electron chi connectivity index (χ1n) is 4.40. The van der Waals surface area contributed by atoms with Crippen LogP contribution in [0.4, 0.5) is 4.39 Å². The molecule has 0 heterocycles. The summed E-state index contributed by atoms with van der Waals surface area (Å²) in [6, 6.07) is 6.67. The summed E-state index contributed by atoms with van der Waals surface area (Å²) in [7, 11) is 0. The molecule has 2 unspecified atom stereocenters. The zero-order chi connectivity index (χ0) is 9.26. The lowest BCUT2D eigenvalue weighted by molar-refractivity contribution is 0.283. The van der Waals surface area contributed by atoms with Gasteiger partial charge in [0, 0.05) is 12.0 Å². The van der Waals surface area contributed by atoms with Gasteiger partial charge in [0.2, 0.25) is 0 Å². The van der Waals surface area contributed by atoms with Crippen LogP contribution in [0.5, 0.6) is 5.75 Å². The fraction of sp³-hybridized carbons (Fsp3) is 0.400. The fourth-order valence-corrected chi connectivity index (χ4v) is 1.22. The summed E-state index contributed by atoms with van der Waals surface area (Å²) in [6.45, 7) is 0.530. The molecule has 70 valence electrons. The van der Waals surface area contributed by atoms with Gasteiger partial charge >= 0.3 is 0 Å². The smallest absolute Gasteiger partial charge is 0.165 e. The van der Waals surface area contributed by atoms with E-state index in [1.165, 1.54) is 6.07 Å². The lowest BCUT2D eigenvalue weighted by Gasteiger charge is -2.05. The van der Waals surface area contributed by atoms with Crippen LogP contribution in [0.15, 0.2) is 24.3 Å². The third-order valence-electron chi connectivity index (χ3n) is 2.27. The maximum Gasteiger partial charge on any atom is 0.165 e. The average molecular weight is 181 g/mol. The molecule has 0 bridgehead atoms. The van der Waals surface area contributed by atoms with Crippen LogP contribution in [0, 0.1) is 11.7 Å². The monoisotopic (exact) mass is 181 g/mol. The molecule has 0 spiro atoms. The molecule has 2 atom stereocenters. The summed E-state index contributed by atoms with van der Waals surface area (Å²) >= 11 is 0. The molecule has 1 fully saturated rings. The SMILES string of the molecule is NC1CC1COc1ccccc1F. The number of para-hydroxylation sites is 1. The largest absolute Gasteiger partial charge is 0.490 e. The van der Waals surface area contributed by atoms with Crippen LogP contribution in [-0.2, 0) is 0 Å². The van der Waals surface area contributed by atoms with Gasteiger partial charge in [-0.2, -0.15) is 0 Å². The molecule has 0 radical (unpaired) electrons. The summed E-state index contributed by atoms with van der Waals surface area (Å²) in [6.07, 6.45) is 0.994. The zero-order valence-corrected chi connectivity index (χ0v) is 7.24. The predicted octanol–water partition coefficient (Wildman–Crippen LogP) is 1.55. The van der Waals surface area contributed by atoms with E-state index in [0.29, 0.717) is 18.3 Å². The van der Waals surface area contributed by atoms with Crippen molar-refractivity contribution in [2.75, 3.05) is 6.61 Å². The molecule has 13 heavy (non-hydrogen) atoms. The lowest BCUT2D eigenvalue weighted by Crippen LogP contribution is -2.09. The van der Waals surface area contributed by atoms with E-state index in [9.17, 15) is 4.39 Å². The van der Waals surface area contributed by atoms with Gasteiger partial charge in [-0.05, 0) is 18.6 Å². The Bertz CT molecular complexity index is 303. The molecule has 2 nitrogen and oxygen atoms in total. The van der Waals surface area contributed by atoms with Crippen LogP contribution in [0.25, 0.3) is 0 Å². The Morgan fingerprint density at radius 2 is 2.15 bits per heavy atom. The minimum Gasteiger partial charge on any atom is -0.490 e. The van der Waals surface area contributed by atoms with Gasteiger partial charge in [-0.1, -0.05) is 12.1 Å². The molecule has 3 heteroatoms. The van der Waals surface area contributed by atoms with Gasteiger partial charge in [-0.3, -0.25) is 0 Å². The van der Waals surface area contributed by atoms with Crippen molar-refractivity contribution >= 4 is 0 Å². The summed E-state index contributed by atoms with van der Waals surface area (Å²) in [5, 5.41) is 0. The Morgan fingerprint density at radius 3 is 2.77 bits per heavy atom. The number of nitrogens with two attached hydrogens (primary N) is 1. The molecule has 0 amide bonds. The van der Waals surface area contributed by atoms with Gasteiger partial charge in [-0.15, -0.1) is 0 Å². The lowest BCUT2D eigenvalue weighted by atomic mass is 10.3. The van der Waals surface area contributed by atoms with E-state index in [4.69, 9.17) is 10.5 Å². The van der Waals surface area contributed by atoms with E-state index < -0.39 is 0 Å². The van der Waals surface area contributed by atoms with Crippen LogP contribution in [0.2, 0.25) is 0 Å². The normalized spacial score (nSPS) is 25.7. The second kappa shape index (κ2) is 3.34. The van der Waals surface area contributed by atoms with Crippen LogP contribution >= 0.6 is 0 Å². The maximum absolute atomic E-state index is 13.0. The maximum atomic E-state index is 13.0. The standard InChI is InChI=1S/C10H12FNO/c11-8-3-1-2-4-10(8)13-6-7-5-9(7)12/h1-4,7,9H,5-6,12H2. The Balaban J connectivity index is 1.90. The van der Waals surface area contributed by atoms with E-state index in [1.807, 2.05) is 0 Å². The van der Waals surface area contributed by atoms with E-state index >= 15 is 0 Å². The molecule has 0 aromatic heterocycles. The van der Waals surface area contributed by atoms with Gasteiger partial charge in [-0.25, -0.2) is 4.39 Å². The molecule has 1 aromatic rings. The highest BCUT2D eigenvalue weighted by Crippen LogP contribution is 2.28. The van der Waals surface area contributed by atoms with Crippen molar-refractivity contribution in [3.05, 3.63) is 30.1 Å². The van der Waals surface area contributed by atoms with Crippen molar-refractivity contribution in [3.8, 4) is 5.75 Å². The first kappa shape index (κ1) is 8.51. The van der Waals surface area contributed by atoms with E-state index in [0.717, 1.165) is 6.42 Å². The van der Waals surface area contributed by atoms with E-state index in [-0.39, 0.29) is 11.9 Å². The van der Waals surface area contributed by atoms with Crippen molar-refractivity contribution in [1.82, 2.24) is 0 Å². The highest BCUT2D eigenvalue weighted by Gasteiger charge is 2.34. The summed E-state index contributed by atoms with van der Waals surface area (Å²) in [5.74, 6) is 0.429. The van der Waals surface area contributed by atoms with Crippen molar-refractivity contribution in [2.24, 2.45) is 11.7 Å². The van der Waals surface area contributed by atoms with Crippen molar-refractivity contribution in [1.29, 1.82) is 0 Å². The number of ether oxygens (including phenoxy) is 1. The molecule has 1 aliphatic carbocycles. The number of hydrogen-bond donors (Lipinski definition) is 1. The molecule has 0 aliphatic heterocycles. The Hall–Kier alpha value is -1.09. The topological polar surface area (TPSA) is 35.2 Å². The van der Waals surface area contributed by atoms with Crippen molar-refractivity contribution in [2.45, 2.75) is 12.5 Å². The summed E-state index contributed by atoms with van der Waals surface area (Å²) < 4.78 is 18.3. The molecule has 0 saturated heterocycles. The van der Waals surface area contributed by atoms with Crippen molar-refractivity contribution < 1.29 is 9.13 Å². The van der Waals surface area contributed by atoms with Crippen LogP contribution in [0.3, 0.4) is 0 Å².